The molecule has 2 aliphatic heterocycles. The minimum atomic E-state index is -0.0251. The van der Waals surface area contributed by atoms with Gasteiger partial charge in [0.2, 0.25) is 0 Å². The third-order valence-corrected chi connectivity index (χ3v) is 5.24. The molecule has 4 heterocycles. The summed E-state index contributed by atoms with van der Waals surface area (Å²) in [6.07, 6.45) is 8.28. The molecule has 2 aromatic heterocycles. The van der Waals surface area contributed by atoms with E-state index >= 15 is 0 Å². The van der Waals surface area contributed by atoms with Crippen molar-refractivity contribution in [3.05, 3.63) is 36.0 Å². The second kappa shape index (κ2) is 6.82. The van der Waals surface area contributed by atoms with Crippen LogP contribution in [0.1, 0.15) is 48.0 Å². The van der Waals surface area contributed by atoms with Gasteiger partial charge in [-0.1, -0.05) is 0 Å². The van der Waals surface area contributed by atoms with Crippen LogP contribution in [0.5, 0.6) is 0 Å². The summed E-state index contributed by atoms with van der Waals surface area (Å²) >= 11 is 0. The van der Waals surface area contributed by atoms with Crippen LogP contribution in [0.3, 0.4) is 0 Å². The second-order valence-corrected chi connectivity index (χ2v) is 6.90. The van der Waals surface area contributed by atoms with E-state index in [1.54, 1.807) is 0 Å². The molecule has 7 heteroatoms. The first-order valence-corrected chi connectivity index (χ1v) is 9.10. The number of imidazole rings is 1. The molecule has 2 fully saturated rings. The van der Waals surface area contributed by atoms with Crippen molar-refractivity contribution in [3.63, 3.8) is 0 Å². The first-order chi connectivity index (χ1) is 12.2. The standard InChI is InChI=1S/C18H24N6O/c1-14-19-8-12-24(14)15-5-4-11-23(13-15)18(25)16-6-7-17(21-20-16)22-9-2-3-10-22/h6-8,12,15H,2-5,9-11,13H2,1H3/t15-/m0/s1. The fourth-order valence-corrected chi connectivity index (χ4v) is 3.86. The van der Waals surface area contributed by atoms with E-state index in [4.69, 9.17) is 0 Å². The van der Waals surface area contributed by atoms with Crippen LogP contribution in [0.2, 0.25) is 0 Å². The van der Waals surface area contributed by atoms with E-state index in [0.29, 0.717) is 12.2 Å². The minimum absolute atomic E-state index is 0.0251. The SMILES string of the molecule is Cc1nccn1[C@H]1CCCN(C(=O)c2ccc(N3CCCC3)nn2)C1. The molecule has 0 spiro atoms. The van der Waals surface area contributed by atoms with Crippen molar-refractivity contribution in [1.29, 1.82) is 0 Å². The van der Waals surface area contributed by atoms with Gasteiger partial charge in [-0.15, -0.1) is 10.2 Å². The highest BCUT2D eigenvalue weighted by Crippen LogP contribution is 2.24. The molecule has 4 rings (SSSR count). The molecule has 0 aromatic carbocycles. The molecule has 1 atom stereocenters. The van der Waals surface area contributed by atoms with Crippen LogP contribution in [0.15, 0.2) is 24.5 Å². The lowest BCUT2D eigenvalue weighted by Crippen LogP contribution is -2.41. The smallest absolute Gasteiger partial charge is 0.274 e. The minimum Gasteiger partial charge on any atom is -0.355 e. The lowest BCUT2D eigenvalue weighted by molar-refractivity contribution is 0.0671. The molecule has 0 saturated carbocycles. The number of carbonyl (C=O) groups is 1. The number of aromatic nitrogens is 4. The summed E-state index contributed by atoms with van der Waals surface area (Å²) in [5, 5.41) is 8.47. The van der Waals surface area contributed by atoms with Crippen LogP contribution in [0.4, 0.5) is 5.82 Å². The Labute approximate surface area is 147 Å². The quantitative estimate of drug-likeness (QED) is 0.855. The van der Waals surface area contributed by atoms with Gasteiger partial charge >= 0.3 is 0 Å². The number of likely N-dealkylation sites (tertiary alicyclic amines) is 1. The fourth-order valence-electron chi connectivity index (χ4n) is 3.86. The second-order valence-electron chi connectivity index (χ2n) is 6.90. The van der Waals surface area contributed by atoms with Crippen molar-refractivity contribution in [2.75, 3.05) is 31.1 Å². The highest BCUT2D eigenvalue weighted by molar-refractivity contribution is 5.92. The third kappa shape index (κ3) is 3.23. The van der Waals surface area contributed by atoms with Crippen LogP contribution >= 0.6 is 0 Å². The summed E-state index contributed by atoms with van der Waals surface area (Å²) in [5.74, 6) is 1.84. The van der Waals surface area contributed by atoms with Gasteiger partial charge in [-0.25, -0.2) is 4.98 Å². The maximum Gasteiger partial charge on any atom is 0.274 e. The average Bonchev–Trinajstić information content (AvgIpc) is 3.33. The summed E-state index contributed by atoms with van der Waals surface area (Å²) in [6.45, 7) is 5.54. The van der Waals surface area contributed by atoms with Crippen molar-refractivity contribution in [1.82, 2.24) is 24.6 Å². The van der Waals surface area contributed by atoms with E-state index in [9.17, 15) is 4.79 Å². The Balaban J connectivity index is 1.45. The number of hydrogen-bond donors (Lipinski definition) is 0. The van der Waals surface area contributed by atoms with Crippen molar-refractivity contribution in [3.8, 4) is 0 Å². The number of hydrogen-bond acceptors (Lipinski definition) is 5. The van der Waals surface area contributed by atoms with Gasteiger partial charge in [0.25, 0.3) is 5.91 Å². The molecule has 7 nitrogen and oxygen atoms in total. The molecule has 132 valence electrons. The number of piperidine rings is 1. The van der Waals surface area contributed by atoms with E-state index in [1.807, 2.05) is 36.4 Å². The third-order valence-electron chi connectivity index (χ3n) is 5.24. The maximum atomic E-state index is 12.8. The predicted octanol–water partition coefficient (Wildman–Crippen LogP) is 2.06. The average molecular weight is 340 g/mol. The molecular weight excluding hydrogens is 316 g/mol. The molecule has 2 saturated heterocycles. The molecule has 2 aliphatic rings. The van der Waals surface area contributed by atoms with Crippen LogP contribution in [0.25, 0.3) is 0 Å². The Morgan fingerprint density at radius 2 is 1.96 bits per heavy atom. The van der Waals surface area contributed by atoms with Gasteiger partial charge in [-0.05, 0) is 44.7 Å². The van der Waals surface area contributed by atoms with Crippen molar-refractivity contribution in [2.24, 2.45) is 0 Å². The summed E-state index contributed by atoms with van der Waals surface area (Å²) in [6, 6.07) is 4.03. The topological polar surface area (TPSA) is 67.2 Å². The fraction of sp³-hybridized carbons (Fsp3) is 0.556. The van der Waals surface area contributed by atoms with Crippen molar-refractivity contribution in [2.45, 2.75) is 38.6 Å². The van der Waals surface area contributed by atoms with Crippen LogP contribution in [-0.2, 0) is 0 Å². The molecule has 0 unspecified atom stereocenters. The first kappa shape index (κ1) is 16.1. The summed E-state index contributed by atoms with van der Waals surface area (Å²) < 4.78 is 2.17. The Morgan fingerprint density at radius 1 is 1.12 bits per heavy atom. The summed E-state index contributed by atoms with van der Waals surface area (Å²) in [5.41, 5.74) is 0.436. The van der Waals surface area contributed by atoms with Crippen LogP contribution < -0.4 is 4.90 Å². The van der Waals surface area contributed by atoms with Gasteiger partial charge in [-0.2, -0.15) is 0 Å². The number of nitrogens with zero attached hydrogens (tertiary/aromatic N) is 6. The Kier molecular flexibility index (Phi) is 4.38. The van der Waals surface area contributed by atoms with Gasteiger partial charge < -0.3 is 14.4 Å². The molecule has 0 aliphatic carbocycles. The van der Waals surface area contributed by atoms with Gasteiger partial charge in [0.1, 0.15) is 5.82 Å². The molecule has 1 amide bonds. The van der Waals surface area contributed by atoms with Crippen molar-refractivity contribution >= 4 is 11.7 Å². The van der Waals surface area contributed by atoms with E-state index in [1.165, 1.54) is 12.8 Å². The van der Waals surface area contributed by atoms with Crippen LogP contribution in [-0.4, -0.2) is 56.7 Å². The number of aryl methyl sites for hydroxylation is 1. The Bertz CT molecular complexity index is 734. The zero-order valence-electron chi connectivity index (χ0n) is 14.6. The Morgan fingerprint density at radius 3 is 2.64 bits per heavy atom. The molecule has 0 radical (unpaired) electrons. The first-order valence-electron chi connectivity index (χ1n) is 9.10. The van der Waals surface area contributed by atoms with Gasteiger partial charge in [-0.3, -0.25) is 4.79 Å². The number of amides is 1. The lowest BCUT2D eigenvalue weighted by Gasteiger charge is -2.33. The maximum absolute atomic E-state index is 12.8. The van der Waals surface area contributed by atoms with Gasteiger partial charge in [0.05, 0.1) is 6.04 Å². The Hall–Kier alpha value is -2.44. The highest BCUT2D eigenvalue weighted by atomic mass is 16.2. The molecule has 2 aromatic rings. The molecular formula is C18H24N6O. The number of anilines is 1. The lowest BCUT2D eigenvalue weighted by atomic mass is 10.0. The predicted molar refractivity (Wildman–Crippen MR) is 94.6 cm³/mol. The monoisotopic (exact) mass is 340 g/mol. The van der Waals surface area contributed by atoms with Gasteiger partial charge in [0, 0.05) is 38.6 Å². The highest BCUT2D eigenvalue weighted by Gasteiger charge is 2.27. The zero-order chi connectivity index (χ0) is 17.2. The largest absolute Gasteiger partial charge is 0.355 e. The summed E-state index contributed by atoms with van der Waals surface area (Å²) in [4.78, 5) is 21.2. The number of carbonyl (C=O) groups excluding carboxylic acids is 1. The van der Waals surface area contributed by atoms with E-state index < -0.39 is 0 Å². The molecule has 0 N–H and O–H groups in total. The normalized spacial score (nSPS) is 20.9. The zero-order valence-corrected chi connectivity index (χ0v) is 14.6. The molecule has 25 heavy (non-hydrogen) atoms. The molecule has 0 bridgehead atoms. The van der Waals surface area contributed by atoms with Gasteiger partial charge in [0.15, 0.2) is 11.5 Å². The number of rotatable bonds is 3. The van der Waals surface area contributed by atoms with Crippen molar-refractivity contribution < 1.29 is 4.79 Å². The van der Waals surface area contributed by atoms with E-state index in [0.717, 1.165) is 44.1 Å². The van der Waals surface area contributed by atoms with Crippen LogP contribution in [0, 0.1) is 6.92 Å². The van der Waals surface area contributed by atoms with E-state index in [2.05, 4.69) is 24.6 Å². The van der Waals surface area contributed by atoms with E-state index in [-0.39, 0.29) is 11.9 Å². The summed E-state index contributed by atoms with van der Waals surface area (Å²) in [7, 11) is 0.